The van der Waals surface area contributed by atoms with Crippen LogP contribution in [0.3, 0.4) is 0 Å². The molecular weight excluding hydrogens is 230 g/mol. The second-order valence-electron chi connectivity index (χ2n) is 4.07. The highest BCUT2D eigenvalue weighted by atomic mass is 16.3. The van der Waals surface area contributed by atoms with Gasteiger partial charge in [0.25, 0.3) is 0 Å². The van der Waals surface area contributed by atoms with Crippen LogP contribution in [0.4, 0.5) is 5.69 Å². The highest BCUT2D eigenvalue weighted by Gasteiger charge is 2.27. The molecule has 1 aliphatic heterocycles. The molecule has 2 aromatic rings. The molecule has 6 heteroatoms. The van der Waals surface area contributed by atoms with Crippen molar-refractivity contribution in [1.82, 2.24) is 20.6 Å². The lowest BCUT2D eigenvalue weighted by atomic mass is 9.96. The lowest BCUT2D eigenvalue weighted by Gasteiger charge is -2.30. The monoisotopic (exact) mass is 243 g/mol. The summed E-state index contributed by atoms with van der Waals surface area (Å²) in [7, 11) is 0. The molecule has 1 aromatic carbocycles. The number of para-hydroxylation sites is 1. The number of fused-ring (bicyclic) bond motifs is 1. The highest BCUT2D eigenvalue weighted by molar-refractivity contribution is 5.76. The third-order valence-corrected chi connectivity index (χ3v) is 3.07. The van der Waals surface area contributed by atoms with E-state index in [0.717, 1.165) is 17.8 Å². The van der Waals surface area contributed by atoms with Crippen LogP contribution in [0.2, 0.25) is 0 Å². The molecule has 1 unspecified atom stereocenters. The summed E-state index contributed by atoms with van der Waals surface area (Å²) >= 11 is 0. The molecular formula is C12H13N5O. The van der Waals surface area contributed by atoms with Gasteiger partial charge in [-0.2, -0.15) is 5.21 Å². The Hall–Kier alpha value is -2.21. The fraction of sp³-hybridized carbons (Fsp3) is 0.250. The lowest BCUT2D eigenvalue weighted by molar-refractivity contribution is 0.236. The molecule has 2 N–H and O–H groups in total. The Morgan fingerprint density at radius 2 is 2.22 bits per heavy atom. The lowest BCUT2D eigenvalue weighted by Crippen LogP contribution is -2.24. The smallest absolute Gasteiger partial charge is 0.205 e. The first kappa shape index (κ1) is 10.9. The Bertz CT molecular complexity index is 578. The Labute approximate surface area is 104 Å². The Kier molecular flexibility index (Phi) is 2.56. The van der Waals surface area contributed by atoms with Crippen LogP contribution in [0.15, 0.2) is 30.5 Å². The molecule has 3 rings (SSSR count). The molecule has 18 heavy (non-hydrogen) atoms. The summed E-state index contributed by atoms with van der Waals surface area (Å²) < 4.78 is 0. The van der Waals surface area contributed by atoms with Gasteiger partial charge in [-0.05, 0) is 18.2 Å². The zero-order valence-electron chi connectivity index (χ0n) is 9.91. The number of rotatable bonds is 2. The highest BCUT2D eigenvalue weighted by Crippen LogP contribution is 2.38. The number of anilines is 1. The van der Waals surface area contributed by atoms with Crippen molar-refractivity contribution in [3.63, 3.8) is 0 Å². The first-order chi connectivity index (χ1) is 8.81. The standard InChI is InChI=1S/C12H13N5O/c1-2-17-7-9(12-13-15-16-14-12)11(18)8-5-3-4-6-10(8)17/h3-7,11,18H,2H2,1H3,(H,13,14,15,16). The molecule has 92 valence electrons. The summed E-state index contributed by atoms with van der Waals surface area (Å²) in [6.07, 6.45) is 1.15. The van der Waals surface area contributed by atoms with Crippen LogP contribution in [0.25, 0.3) is 5.57 Å². The molecule has 0 bridgehead atoms. The topological polar surface area (TPSA) is 77.9 Å². The zero-order chi connectivity index (χ0) is 12.5. The molecule has 1 atom stereocenters. The molecule has 1 aliphatic rings. The number of hydrogen-bond acceptors (Lipinski definition) is 5. The van der Waals surface area contributed by atoms with E-state index in [9.17, 15) is 5.11 Å². The van der Waals surface area contributed by atoms with Gasteiger partial charge >= 0.3 is 0 Å². The first-order valence-electron chi connectivity index (χ1n) is 5.80. The number of benzene rings is 1. The van der Waals surface area contributed by atoms with Gasteiger partial charge in [0.2, 0.25) is 5.82 Å². The molecule has 0 saturated heterocycles. The van der Waals surface area contributed by atoms with Crippen LogP contribution >= 0.6 is 0 Å². The molecule has 0 radical (unpaired) electrons. The molecule has 0 aliphatic carbocycles. The van der Waals surface area contributed by atoms with Crippen molar-refractivity contribution in [2.45, 2.75) is 13.0 Å². The molecule has 1 aromatic heterocycles. The molecule has 0 fully saturated rings. The predicted octanol–water partition coefficient (Wildman–Crippen LogP) is 1.11. The van der Waals surface area contributed by atoms with Gasteiger partial charge in [-0.25, -0.2) is 0 Å². The van der Waals surface area contributed by atoms with Crippen LogP contribution in [-0.2, 0) is 0 Å². The average Bonchev–Trinajstić information content (AvgIpc) is 2.93. The van der Waals surface area contributed by atoms with Crippen molar-refractivity contribution in [1.29, 1.82) is 0 Å². The van der Waals surface area contributed by atoms with Gasteiger partial charge in [0, 0.05) is 29.6 Å². The summed E-state index contributed by atoms with van der Waals surface area (Å²) in [5.74, 6) is 0.426. The van der Waals surface area contributed by atoms with Gasteiger partial charge in [0.1, 0.15) is 6.10 Å². The number of nitrogens with one attached hydrogen (secondary N) is 1. The quantitative estimate of drug-likeness (QED) is 0.826. The number of aromatic amines is 1. The van der Waals surface area contributed by atoms with E-state index in [4.69, 9.17) is 0 Å². The molecule has 0 amide bonds. The van der Waals surface area contributed by atoms with Crippen LogP contribution in [0, 0.1) is 0 Å². The van der Waals surface area contributed by atoms with Crippen LogP contribution < -0.4 is 4.90 Å². The van der Waals surface area contributed by atoms with E-state index in [2.05, 4.69) is 32.4 Å². The minimum Gasteiger partial charge on any atom is -0.383 e. The van der Waals surface area contributed by atoms with E-state index < -0.39 is 6.10 Å². The Balaban J connectivity index is 2.12. The molecule has 6 nitrogen and oxygen atoms in total. The number of hydrogen-bond donors (Lipinski definition) is 2. The predicted molar refractivity (Wildman–Crippen MR) is 66.6 cm³/mol. The van der Waals surface area contributed by atoms with E-state index >= 15 is 0 Å². The van der Waals surface area contributed by atoms with Crippen molar-refractivity contribution in [3.05, 3.63) is 41.9 Å². The summed E-state index contributed by atoms with van der Waals surface area (Å²) in [5, 5.41) is 24.2. The maximum absolute atomic E-state index is 10.4. The summed E-state index contributed by atoms with van der Waals surface area (Å²) in [4.78, 5) is 2.06. The maximum atomic E-state index is 10.4. The van der Waals surface area contributed by atoms with Gasteiger partial charge in [-0.1, -0.05) is 18.2 Å². The van der Waals surface area contributed by atoms with Crippen molar-refractivity contribution in [3.8, 4) is 0 Å². The maximum Gasteiger partial charge on any atom is 0.205 e. The zero-order valence-corrected chi connectivity index (χ0v) is 9.91. The summed E-state index contributed by atoms with van der Waals surface area (Å²) in [6, 6.07) is 7.78. The molecule has 0 spiro atoms. The van der Waals surface area contributed by atoms with Crippen molar-refractivity contribution < 1.29 is 5.11 Å². The largest absolute Gasteiger partial charge is 0.383 e. The van der Waals surface area contributed by atoms with Crippen LogP contribution in [0.1, 0.15) is 24.4 Å². The summed E-state index contributed by atoms with van der Waals surface area (Å²) in [5.41, 5.74) is 2.53. The van der Waals surface area contributed by atoms with Gasteiger partial charge in [-0.15, -0.1) is 10.2 Å². The van der Waals surface area contributed by atoms with Gasteiger partial charge in [0.05, 0.1) is 0 Å². The first-order valence-corrected chi connectivity index (χ1v) is 5.80. The van der Waals surface area contributed by atoms with Crippen molar-refractivity contribution in [2.24, 2.45) is 0 Å². The van der Waals surface area contributed by atoms with E-state index in [0.29, 0.717) is 11.4 Å². The number of tetrazole rings is 1. The fourth-order valence-electron chi connectivity index (χ4n) is 2.18. The normalized spacial score (nSPS) is 18.4. The number of H-pyrrole nitrogens is 1. The van der Waals surface area contributed by atoms with Crippen LogP contribution in [0.5, 0.6) is 0 Å². The van der Waals surface area contributed by atoms with Crippen molar-refractivity contribution >= 4 is 11.3 Å². The number of nitrogens with zero attached hydrogens (tertiary/aromatic N) is 4. The van der Waals surface area contributed by atoms with E-state index in [1.807, 2.05) is 30.5 Å². The summed E-state index contributed by atoms with van der Waals surface area (Å²) in [6.45, 7) is 2.86. The second-order valence-corrected chi connectivity index (χ2v) is 4.07. The number of aliphatic hydroxyl groups excluding tert-OH is 1. The average molecular weight is 243 g/mol. The molecule has 0 saturated carbocycles. The third-order valence-electron chi connectivity index (χ3n) is 3.07. The van der Waals surface area contributed by atoms with Gasteiger partial charge < -0.3 is 10.0 Å². The number of aliphatic hydroxyl groups is 1. The van der Waals surface area contributed by atoms with Crippen molar-refractivity contribution in [2.75, 3.05) is 11.4 Å². The SMILES string of the molecule is CCN1C=C(c2nn[nH]n2)C(O)c2ccccc21. The Morgan fingerprint density at radius 3 is 2.94 bits per heavy atom. The van der Waals surface area contributed by atoms with Crippen LogP contribution in [-0.4, -0.2) is 32.3 Å². The van der Waals surface area contributed by atoms with E-state index in [1.165, 1.54) is 0 Å². The second kappa shape index (κ2) is 4.23. The molecule has 2 heterocycles. The third kappa shape index (κ3) is 1.58. The number of aromatic nitrogens is 4. The van der Waals surface area contributed by atoms with Gasteiger partial charge in [-0.3, -0.25) is 0 Å². The van der Waals surface area contributed by atoms with E-state index in [1.54, 1.807) is 0 Å². The fourth-order valence-corrected chi connectivity index (χ4v) is 2.18. The van der Waals surface area contributed by atoms with E-state index in [-0.39, 0.29) is 0 Å². The minimum atomic E-state index is -0.721. The van der Waals surface area contributed by atoms with Gasteiger partial charge in [0.15, 0.2) is 0 Å². The Morgan fingerprint density at radius 1 is 1.39 bits per heavy atom. The minimum absolute atomic E-state index is 0.426.